The van der Waals surface area contributed by atoms with Crippen LogP contribution in [0.3, 0.4) is 0 Å². The van der Waals surface area contributed by atoms with Gasteiger partial charge >= 0.3 is 6.16 Å². The van der Waals surface area contributed by atoms with Gasteiger partial charge in [0.05, 0.1) is 18.3 Å². The molecule has 0 aliphatic rings. The predicted molar refractivity (Wildman–Crippen MR) is 57.8 cm³/mol. The first-order valence-corrected chi connectivity index (χ1v) is 5.00. The monoisotopic (exact) mass is 213 g/mol. The minimum absolute atomic E-state index is 0.0562. The van der Waals surface area contributed by atoms with Gasteiger partial charge in [0.25, 0.3) is 7.28 Å². The minimum Gasteiger partial charge on any atom is -0.440 e. The number of ether oxygens (including phenoxy) is 2. The Hall–Kier alpha value is -0.995. The first kappa shape index (κ1) is 14.0. The molecule has 4 nitrogen and oxygen atoms in total. The van der Waals surface area contributed by atoms with E-state index < -0.39 is 17.6 Å². The molecule has 0 saturated carbocycles. The maximum atomic E-state index is 11.5. The van der Waals surface area contributed by atoms with Crippen LogP contribution in [0.2, 0.25) is 0 Å². The molecule has 0 amide bonds. The molecule has 0 spiro atoms. The zero-order chi connectivity index (χ0) is 12.1. The number of carbonyl (C=O) groups excluding carboxylic acids is 2. The number of hydrogen-bond donors (Lipinski definition) is 0. The molecule has 5 heteroatoms. The summed E-state index contributed by atoms with van der Waals surface area (Å²) in [5, 5.41) is 0. The standard InChI is InChI=1S/C10H18BO4/c1-6-14-9(13)15-7(2)11-8(12)10(3,4)5/h7H,6H2,1-5H3. The van der Waals surface area contributed by atoms with E-state index in [2.05, 4.69) is 4.74 Å². The Morgan fingerprint density at radius 1 is 1.33 bits per heavy atom. The highest BCUT2D eigenvalue weighted by atomic mass is 16.7. The van der Waals surface area contributed by atoms with Gasteiger partial charge in [0, 0.05) is 5.41 Å². The molecule has 0 aromatic rings. The van der Waals surface area contributed by atoms with Crippen molar-refractivity contribution in [2.75, 3.05) is 6.61 Å². The molecule has 85 valence electrons. The molecule has 1 unspecified atom stereocenters. The van der Waals surface area contributed by atoms with Crippen LogP contribution in [0.15, 0.2) is 0 Å². The molecule has 0 aromatic heterocycles. The molecule has 0 aliphatic heterocycles. The third kappa shape index (κ3) is 6.15. The Kier molecular flexibility index (Phi) is 5.40. The van der Waals surface area contributed by atoms with Crippen LogP contribution >= 0.6 is 0 Å². The van der Waals surface area contributed by atoms with E-state index in [-0.39, 0.29) is 12.3 Å². The SMILES string of the molecule is CCOC(=O)OC(C)[B]C(=O)C(C)(C)C. The van der Waals surface area contributed by atoms with Crippen LogP contribution in [0.5, 0.6) is 0 Å². The Balaban J connectivity index is 3.99. The summed E-state index contributed by atoms with van der Waals surface area (Å²) in [4.78, 5) is 22.4. The van der Waals surface area contributed by atoms with Crippen molar-refractivity contribution < 1.29 is 19.1 Å². The van der Waals surface area contributed by atoms with E-state index in [1.54, 1.807) is 13.8 Å². The van der Waals surface area contributed by atoms with Crippen molar-refractivity contribution in [2.24, 2.45) is 5.41 Å². The summed E-state index contributed by atoms with van der Waals surface area (Å²) in [6, 6.07) is -0.559. The Morgan fingerprint density at radius 2 is 1.87 bits per heavy atom. The van der Waals surface area contributed by atoms with Gasteiger partial charge in [-0.1, -0.05) is 20.8 Å². The smallest absolute Gasteiger partial charge is 0.440 e. The Morgan fingerprint density at radius 3 is 2.27 bits per heavy atom. The van der Waals surface area contributed by atoms with Crippen molar-refractivity contribution in [1.82, 2.24) is 0 Å². The lowest BCUT2D eigenvalue weighted by Gasteiger charge is -2.18. The molecule has 0 N–H and O–H groups in total. The molecular formula is C10H18BO4. The molecule has 0 aliphatic carbocycles. The lowest BCUT2D eigenvalue weighted by Crippen LogP contribution is -2.34. The third-order valence-electron chi connectivity index (χ3n) is 1.67. The minimum atomic E-state index is -0.747. The molecule has 0 heterocycles. The van der Waals surface area contributed by atoms with Gasteiger partial charge in [-0.05, 0) is 13.8 Å². The van der Waals surface area contributed by atoms with Gasteiger partial charge in [0.1, 0.15) is 0 Å². The van der Waals surface area contributed by atoms with E-state index in [0.29, 0.717) is 0 Å². The van der Waals surface area contributed by atoms with Gasteiger partial charge in [0.2, 0.25) is 0 Å². The van der Waals surface area contributed by atoms with Crippen molar-refractivity contribution in [3.05, 3.63) is 0 Å². The van der Waals surface area contributed by atoms with Crippen LogP contribution in [0.25, 0.3) is 0 Å². The van der Waals surface area contributed by atoms with E-state index >= 15 is 0 Å². The van der Waals surface area contributed by atoms with Gasteiger partial charge in [0.15, 0.2) is 0 Å². The molecular weight excluding hydrogens is 195 g/mol. The van der Waals surface area contributed by atoms with Gasteiger partial charge in [-0.2, -0.15) is 0 Å². The van der Waals surface area contributed by atoms with Crippen LogP contribution in [0, 0.1) is 5.41 Å². The van der Waals surface area contributed by atoms with Crippen molar-refractivity contribution in [2.45, 2.75) is 40.6 Å². The fraction of sp³-hybridized carbons (Fsp3) is 0.800. The zero-order valence-electron chi connectivity index (χ0n) is 9.99. The molecule has 0 fully saturated rings. The van der Waals surface area contributed by atoms with Crippen molar-refractivity contribution >= 4 is 19.1 Å². The van der Waals surface area contributed by atoms with Gasteiger partial charge in [-0.3, -0.25) is 0 Å². The highest BCUT2D eigenvalue weighted by Crippen LogP contribution is 2.14. The molecule has 0 saturated heterocycles. The number of rotatable bonds is 4. The largest absolute Gasteiger partial charge is 0.507 e. The average Bonchev–Trinajstić information content (AvgIpc) is 2.01. The first-order valence-electron chi connectivity index (χ1n) is 5.00. The summed E-state index contributed by atoms with van der Waals surface area (Å²) >= 11 is 0. The fourth-order valence-electron chi connectivity index (χ4n) is 0.801. The van der Waals surface area contributed by atoms with Crippen LogP contribution in [0.1, 0.15) is 34.6 Å². The summed E-state index contributed by atoms with van der Waals surface area (Å²) in [7, 11) is 1.39. The molecule has 0 aromatic carbocycles. The van der Waals surface area contributed by atoms with E-state index in [9.17, 15) is 9.59 Å². The second-order valence-corrected chi connectivity index (χ2v) is 4.29. The average molecular weight is 213 g/mol. The molecule has 15 heavy (non-hydrogen) atoms. The second kappa shape index (κ2) is 5.78. The molecule has 0 rings (SSSR count). The van der Waals surface area contributed by atoms with E-state index in [4.69, 9.17) is 4.74 Å². The van der Waals surface area contributed by atoms with Crippen LogP contribution in [-0.2, 0) is 14.3 Å². The highest BCUT2D eigenvalue weighted by Gasteiger charge is 2.25. The lowest BCUT2D eigenvalue weighted by atomic mass is 9.60. The third-order valence-corrected chi connectivity index (χ3v) is 1.67. The number of carbonyl (C=O) groups is 2. The Labute approximate surface area is 91.6 Å². The number of hydrogen-bond acceptors (Lipinski definition) is 4. The second-order valence-electron chi connectivity index (χ2n) is 4.29. The van der Waals surface area contributed by atoms with Crippen LogP contribution < -0.4 is 0 Å². The van der Waals surface area contributed by atoms with Crippen molar-refractivity contribution in [1.29, 1.82) is 0 Å². The summed E-state index contributed by atoms with van der Waals surface area (Å²) in [5.74, 6) is 0. The lowest BCUT2D eigenvalue weighted by molar-refractivity contribution is -0.118. The molecule has 0 bridgehead atoms. The first-order chi connectivity index (χ1) is 6.77. The van der Waals surface area contributed by atoms with Crippen molar-refractivity contribution in [3.63, 3.8) is 0 Å². The predicted octanol–water partition coefficient (Wildman–Crippen LogP) is 1.78. The van der Waals surface area contributed by atoms with Gasteiger partial charge < -0.3 is 14.3 Å². The van der Waals surface area contributed by atoms with Crippen LogP contribution in [0.4, 0.5) is 4.79 Å². The maximum Gasteiger partial charge on any atom is 0.507 e. The van der Waals surface area contributed by atoms with E-state index in [1.165, 1.54) is 7.28 Å². The van der Waals surface area contributed by atoms with E-state index in [0.717, 1.165) is 0 Å². The topological polar surface area (TPSA) is 52.6 Å². The van der Waals surface area contributed by atoms with E-state index in [1.807, 2.05) is 20.8 Å². The Bertz CT molecular complexity index is 232. The maximum absolute atomic E-state index is 11.5. The van der Waals surface area contributed by atoms with Crippen LogP contribution in [-0.4, -0.2) is 31.7 Å². The van der Waals surface area contributed by atoms with Gasteiger partial charge in [-0.25, -0.2) is 4.79 Å². The zero-order valence-corrected chi connectivity index (χ0v) is 9.99. The summed E-state index contributed by atoms with van der Waals surface area (Å²) in [6.07, 6.45) is -0.747. The van der Waals surface area contributed by atoms with Gasteiger partial charge in [-0.15, -0.1) is 0 Å². The summed E-state index contributed by atoms with van der Waals surface area (Å²) < 4.78 is 9.41. The summed E-state index contributed by atoms with van der Waals surface area (Å²) in [5.41, 5.74) is -0.508. The molecule has 1 atom stereocenters. The van der Waals surface area contributed by atoms with Crippen molar-refractivity contribution in [3.8, 4) is 0 Å². The highest BCUT2D eigenvalue weighted by molar-refractivity contribution is 6.75. The normalized spacial score (nSPS) is 12.9. The fourth-order valence-corrected chi connectivity index (χ4v) is 0.801. The summed E-state index contributed by atoms with van der Waals surface area (Å²) in [6.45, 7) is 9.00. The molecule has 1 radical (unpaired) electrons. The quantitative estimate of drug-likeness (QED) is 0.527.